The number of oxime groups is 1. The van der Waals surface area contributed by atoms with E-state index in [-0.39, 0.29) is 23.2 Å². The summed E-state index contributed by atoms with van der Waals surface area (Å²) in [5, 5.41) is 29.0. The van der Waals surface area contributed by atoms with Crippen LogP contribution in [0.4, 0.5) is 0 Å². The summed E-state index contributed by atoms with van der Waals surface area (Å²) >= 11 is 0. The van der Waals surface area contributed by atoms with Crippen LogP contribution in [0.15, 0.2) is 47.1 Å². The zero-order valence-corrected chi connectivity index (χ0v) is 25.8. The summed E-state index contributed by atoms with van der Waals surface area (Å²) in [4.78, 5) is 43.2. The second kappa shape index (κ2) is 12.2. The fraction of sp³-hybridized carbons (Fsp3) is 0.647. The van der Waals surface area contributed by atoms with Crippen LogP contribution < -0.4 is 5.32 Å². The molecule has 0 heterocycles. The Kier molecular flexibility index (Phi) is 8.87. The van der Waals surface area contributed by atoms with Gasteiger partial charge in [-0.25, -0.2) is 4.79 Å². The number of rotatable bonds is 9. The van der Waals surface area contributed by atoms with Gasteiger partial charge in [0, 0.05) is 5.41 Å². The normalized spacial score (nSPS) is 35.4. The predicted octanol–water partition coefficient (Wildman–Crippen LogP) is 4.42. The molecule has 5 rings (SSSR count). The van der Waals surface area contributed by atoms with E-state index in [2.05, 4.69) is 30.4 Å². The first kappa shape index (κ1) is 31.4. The van der Waals surface area contributed by atoms with E-state index >= 15 is 0 Å². The Morgan fingerprint density at radius 2 is 1.77 bits per heavy atom. The Labute approximate surface area is 254 Å². The molecule has 0 unspecified atom stereocenters. The third-order valence-electron chi connectivity index (χ3n) is 11.4. The second-order valence-corrected chi connectivity index (χ2v) is 13.4. The number of ketones is 1. The molecule has 1 aromatic rings. The maximum Gasteiger partial charge on any atom is 0.331 e. The number of hydrogen-bond donors (Lipinski definition) is 3. The lowest BCUT2D eigenvalue weighted by molar-refractivity contribution is -0.159. The van der Waals surface area contributed by atoms with Gasteiger partial charge in [-0.3, -0.25) is 9.59 Å². The monoisotopic (exact) mass is 594 g/mol. The molecule has 3 saturated carbocycles. The van der Waals surface area contributed by atoms with E-state index in [1.165, 1.54) is 5.57 Å². The molecule has 4 aliphatic rings. The number of fused-ring (bicyclic) bond motifs is 5. The smallest absolute Gasteiger partial charge is 0.331 e. The van der Waals surface area contributed by atoms with Gasteiger partial charge in [0.25, 0.3) is 5.91 Å². The molecule has 4 aliphatic carbocycles. The van der Waals surface area contributed by atoms with Crippen molar-refractivity contribution in [1.82, 2.24) is 5.32 Å². The van der Waals surface area contributed by atoms with E-state index in [1.807, 2.05) is 0 Å². The topological polar surface area (TPSA) is 135 Å². The van der Waals surface area contributed by atoms with Crippen molar-refractivity contribution in [3.05, 3.63) is 47.5 Å². The lowest BCUT2D eigenvalue weighted by Gasteiger charge is -2.59. The molecule has 9 heteroatoms. The first-order valence-corrected chi connectivity index (χ1v) is 15.8. The van der Waals surface area contributed by atoms with Crippen LogP contribution in [0.3, 0.4) is 0 Å². The number of hydrogen-bond acceptors (Lipinski definition) is 8. The number of aliphatic hydroxyl groups excluding tert-OH is 1. The number of nitrogens with one attached hydrogen (secondary N) is 1. The number of carbonyl (C=O) groups excluding carboxylic acids is 3. The Bertz CT molecular complexity index is 1290. The summed E-state index contributed by atoms with van der Waals surface area (Å²) in [7, 11) is 0. The largest absolute Gasteiger partial charge is 0.464 e. The van der Waals surface area contributed by atoms with Crippen molar-refractivity contribution < 1.29 is 34.2 Å². The number of allylic oxidation sites excluding steroid dienone is 2. The lowest BCUT2D eigenvalue weighted by atomic mass is 9.46. The SMILES string of the molecule is CCOC(=O)[C@@H](NC(=O)CON=C1C=C2CC[C@H]3[C@H]4CC[C@](O)(C(C)=O)[C@]4(C)CC[C@@H]3[C@]2(C)CC1)[C@@H](O)c1ccccc1. The molecular weight excluding hydrogens is 548 g/mol. The van der Waals surface area contributed by atoms with Crippen LogP contribution in [0, 0.1) is 28.6 Å². The maximum atomic E-state index is 12.7. The van der Waals surface area contributed by atoms with E-state index in [0.717, 1.165) is 50.7 Å². The minimum atomic E-state index is -1.28. The molecule has 3 fully saturated rings. The first-order chi connectivity index (χ1) is 20.4. The molecule has 0 aromatic heterocycles. The van der Waals surface area contributed by atoms with Gasteiger partial charge in [-0.2, -0.15) is 0 Å². The molecular formula is C34H46N2O7. The number of carbonyl (C=O) groups is 3. The second-order valence-electron chi connectivity index (χ2n) is 13.4. The van der Waals surface area contributed by atoms with Crippen LogP contribution in [0.5, 0.6) is 0 Å². The standard InChI is InChI=1S/C34H46N2O7/c1-5-42-31(40)29(30(39)22-9-7-6-8-10-22)35-28(38)20-43-36-24-13-16-32(3)23(19-24)11-12-25-26(32)14-17-33(4)27(25)15-18-34(33,41)21(2)37/h6-10,19,25-27,29-30,39,41H,5,11-18,20H2,1-4H3,(H,35,38)/t25-,26+,27-,29+,30+,32-,33-,34+/m1/s1. The molecule has 1 aromatic carbocycles. The van der Waals surface area contributed by atoms with E-state index < -0.39 is 36.2 Å². The van der Waals surface area contributed by atoms with Crippen molar-refractivity contribution in [2.24, 2.45) is 33.7 Å². The van der Waals surface area contributed by atoms with Crippen molar-refractivity contribution in [1.29, 1.82) is 0 Å². The zero-order chi connectivity index (χ0) is 31.0. The number of benzene rings is 1. The molecule has 0 saturated heterocycles. The Hall–Kier alpha value is -3.04. The molecule has 0 spiro atoms. The van der Waals surface area contributed by atoms with Crippen LogP contribution in [0.2, 0.25) is 0 Å². The van der Waals surface area contributed by atoms with Crippen LogP contribution >= 0.6 is 0 Å². The van der Waals surface area contributed by atoms with Crippen LogP contribution in [-0.2, 0) is 24.0 Å². The molecule has 3 N–H and O–H groups in total. The summed E-state index contributed by atoms with van der Waals surface area (Å²) in [6, 6.07) is 7.36. The van der Waals surface area contributed by atoms with Gasteiger partial charge in [0.05, 0.1) is 12.3 Å². The predicted molar refractivity (Wildman–Crippen MR) is 161 cm³/mol. The molecule has 9 nitrogen and oxygen atoms in total. The number of amides is 1. The molecule has 0 radical (unpaired) electrons. The highest BCUT2D eigenvalue weighted by atomic mass is 16.6. The number of ether oxygens (including phenoxy) is 1. The van der Waals surface area contributed by atoms with E-state index in [0.29, 0.717) is 29.7 Å². The first-order valence-electron chi connectivity index (χ1n) is 15.8. The van der Waals surface area contributed by atoms with E-state index in [9.17, 15) is 24.6 Å². The fourth-order valence-corrected chi connectivity index (χ4v) is 8.97. The lowest BCUT2D eigenvalue weighted by Crippen LogP contribution is -2.57. The Morgan fingerprint density at radius 1 is 1.05 bits per heavy atom. The van der Waals surface area contributed by atoms with E-state index in [4.69, 9.17) is 9.57 Å². The third kappa shape index (κ3) is 5.55. The van der Waals surface area contributed by atoms with Crippen molar-refractivity contribution in [2.75, 3.05) is 13.2 Å². The third-order valence-corrected chi connectivity index (χ3v) is 11.4. The van der Waals surface area contributed by atoms with Gasteiger partial charge in [-0.05, 0) is 100 Å². The van der Waals surface area contributed by atoms with Crippen molar-refractivity contribution in [2.45, 2.75) is 96.8 Å². The number of nitrogens with zero attached hydrogens (tertiary/aromatic N) is 1. The molecule has 8 atom stereocenters. The average Bonchev–Trinajstić information content (AvgIpc) is 3.27. The quantitative estimate of drug-likeness (QED) is 0.285. The summed E-state index contributed by atoms with van der Waals surface area (Å²) in [6.45, 7) is 7.44. The summed E-state index contributed by atoms with van der Waals surface area (Å²) in [6.07, 6.45) is 7.84. The minimum absolute atomic E-state index is 0.0397. The van der Waals surface area contributed by atoms with Crippen molar-refractivity contribution >= 4 is 23.4 Å². The highest BCUT2D eigenvalue weighted by Gasteiger charge is 2.65. The van der Waals surface area contributed by atoms with Crippen molar-refractivity contribution in [3.63, 3.8) is 0 Å². The minimum Gasteiger partial charge on any atom is -0.464 e. The van der Waals surface area contributed by atoms with Crippen LogP contribution in [0.1, 0.15) is 90.7 Å². The van der Waals surface area contributed by atoms with E-state index in [1.54, 1.807) is 44.2 Å². The van der Waals surface area contributed by atoms with Gasteiger partial charge in [0.2, 0.25) is 0 Å². The average molecular weight is 595 g/mol. The molecule has 1 amide bonds. The highest BCUT2D eigenvalue weighted by Crippen LogP contribution is 2.67. The van der Waals surface area contributed by atoms with Gasteiger partial charge in [0.1, 0.15) is 11.7 Å². The maximum absolute atomic E-state index is 12.7. The fourth-order valence-electron chi connectivity index (χ4n) is 8.97. The van der Waals surface area contributed by atoms with Gasteiger partial charge >= 0.3 is 5.97 Å². The number of aliphatic hydroxyl groups is 2. The van der Waals surface area contributed by atoms with Gasteiger partial charge in [-0.1, -0.05) is 54.9 Å². The summed E-state index contributed by atoms with van der Waals surface area (Å²) in [5.41, 5.74) is 1.13. The molecule has 234 valence electrons. The van der Waals surface area contributed by atoms with Crippen LogP contribution in [-0.4, -0.2) is 58.4 Å². The molecule has 43 heavy (non-hydrogen) atoms. The number of esters is 1. The van der Waals surface area contributed by atoms with Crippen LogP contribution in [0.25, 0.3) is 0 Å². The Balaban J connectivity index is 1.22. The number of Topliss-reactive ketones (excluding diaryl/α,β-unsaturated/α-hetero) is 1. The highest BCUT2D eigenvalue weighted by molar-refractivity contribution is 5.96. The zero-order valence-electron chi connectivity index (χ0n) is 25.8. The Morgan fingerprint density at radius 3 is 2.47 bits per heavy atom. The molecule has 0 bridgehead atoms. The summed E-state index contributed by atoms with van der Waals surface area (Å²) in [5.74, 6) is -0.0466. The van der Waals surface area contributed by atoms with Gasteiger partial charge in [0.15, 0.2) is 18.4 Å². The van der Waals surface area contributed by atoms with Crippen molar-refractivity contribution in [3.8, 4) is 0 Å². The summed E-state index contributed by atoms with van der Waals surface area (Å²) < 4.78 is 5.08. The van der Waals surface area contributed by atoms with Gasteiger partial charge < -0.3 is 25.1 Å². The van der Waals surface area contributed by atoms with Gasteiger partial charge in [-0.15, -0.1) is 0 Å². The molecule has 0 aliphatic heterocycles.